The van der Waals surface area contributed by atoms with Gasteiger partial charge in [-0.3, -0.25) is 4.79 Å². The first-order chi connectivity index (χ1) is 10.0. The Kier molecular flexibility index (Phi) is 4.80. The van der Waals surface area contributed by atoms with Gasteiger partial charge in [-0.05, 0) is 24.6 Å². The summed E-state index contributed by atoms with van der Waals surface area (Å²) < 4.78 is 5.32. The lowest BCUT2D eigenvalue weighted by Gasteiger charge is -2.21. The molecule has 6 heteroatoms. The molecule has 1 saturated heterocycles. The van der Waals surface area contributed by atoms with Crippen molar-refractivity contribution in [3.8, 4) is 5.75 Å². The van der Waals surface area contributed by atoms with Crippen molar-refractivity contribution >= 4 is 11.9 Å². The van der Waals surface area contributed by atoms with Gasteiger partial charge >= 0.3 is 5.97 Å². The molecule has 1 aliphatic rings. The fourth-order valence-corrected chi connectivity index (χ4v) is 2.47. The minimum Gasteiger partial charge on any atom is -0.494 e. The van der Waals surface area contributed by atoms with Crippen LogP contribution in [0.4, 0.5) is 0 Å². The Bertz CT molecular complexity index is 513. The molecular weight excluding hydrogens is 274 g/mol. The molecule has 2 unspecified atom stereocenters. The van der Waals surface area contributed by atoms with Crippen LogP contribution >= 0.6 is 0 Å². The second kappa shape index (κ2) is 6.58. The number of benzene rings is 1. The van der Waals surface area contributed by atoms with Crippen molar-refractivity contribution in [3.63, 3.8) is 0 Å². The van der Waals surface area contributed by atoms with E-state index in [1.54, 1.807) is 24.3 Å². The zero-order valence-electron chi connectivity index (χ0n) is 11.9. The average Bonchev–Trinajstić information content (AvgIpc) is 2.84. The van der Waals surface area contributed by atoms with Gasteiger partial charge in [0.1, 0.15) is 11.8 Å². The third-order valence-corrected chi connectivity index (χ3v) is 3.47. The van der Waals surface area contributed by atoms with Crippen LogP contribution in [0.5, 0.6) is 5.75 Å². The number of likely N-dealkylation sites (tertiary alicyclic amines) is 1. The summed E-state index contributed by atoms with van der Waals surface area (Å²) in [5.74, 6) is -0.636. The van der Waals surface area contributed by atoms with Crippen molar-refractivity contribution in [1.29, 1.82) is 0 Å². The predicted molar refractivity (Wildman–Crippen MR) is 75.1 cm³/mol. The summed E-state index contributed by atoms with van der Waals surface area (Å²) in [7, 11) is 0. The van der Waals surface area contributed by atoms with Gasteiger partial charge in [-0.2, -0.15) is 0 Å². The minimum atomic E-state index is -1.08. The van der Waals surface area contributed by atoms with Gasteiger partial charge in [-0.25, -0.2) is 4.79 Å². The van der Waals surface area contributed by atoms with E-state index in [-0.39, 0.29) is 25.3 Å². The summed E-state index contributed by atoms with van der Waals surface area (Å²) in [6, 6.07) is 6.19. The Balaban J connectivity index is 2.01. The number of nitrogens with zero attached hydrogens (tertiary/aromatic N) is 1. The number of rotatable bonds is 5. The van der Waals surface area contributed by atoms with Crippen LogP contribution in [0.2, 0.25) is 0 Å². The number of ether oxygens (including phenoxy) is 1. The molecule has 2 atom stereocenters. The Hall–Kier alpha value is -2.08. The standard InChI is InChI=1S/C15H19NO5/c1-2-21-12-5-3-10(4-6-12)7-14(18)16-9-11(17)8-13(16)15(19)20/h3-6,11,13,17H,2,7-9H2,1H3,(H,19,20). The number of carbonyl (C=O) groups excluding carboxylic acids is 1. The maximum Gasteiger partial charge on any atom is 0.326 e. The number of carboxylic acids is 1. The monoisotopic (exact) mass is 293 g/mol. The van der Waals surface area contributed by atoms with Crippen LogP contribution in [-0.2, 0) is 16.0 Å². The maximum atomic E-state index is 12.2. The van der Waals surface area contributed by atoms with Crippen LogP contribution in [0.25, 0.3) is 0 Å². The number of hydrogen-bond donors (Lipinski definition) is 2. The second-order valence-electron chi connectivity index (χ2n) is 5.04. The lowest BCUT2D eigenvalue weighted by atomic mass is 10.1. The number of β-amino-alcohol motifs (C(OH)–C–C–N with tert-alkyl or cyclic N) is 1. The molecule has 1 amide bonds. The highest BCUT2D eigenvalue weighted by Gasteiger charge is 2.38. The quantitative estimate of drug-likeness (QED) is 0.833. The Morgan fingerprint density at radius 2 is 2.00 bits per heavy atom. The third kappa shape index (κ3) is 3.72. The molecule has 0 bridgehead atoms. The van der Waals surface area contributed by atoms with E-state index in [0.717, 1.165) is 11.3 Å². The third-order valence-electron chi connectivity index (χ3n) is 3.47. The molecule has 1 aliphatic heterocycles. The molecule has 2 rings (SSSR count). The van der Waals surface area contributed by atoms with Crippen molar-refractivity contribution in [2.24, 2.45) is 0 Å². The van der Waals surface area contributed by atoms with Gasteiger partial charge in [0.15, 0.2) is 0 Å². The molecule has 1 heterocycles. The summed E-state index contributed by atoms with van der Waals surface area (Å²) in [6.45, 7) is 2.54. The molecule has 0 radical (unpaired) electrons. The van der Waals surface area contributed by atoms with Crippen molar-refractivity contribution in [3.05, 3.63) is 29.8 Å². The van der Waals surface area contributed by atoms with Crippen molar-refractivity contribution in [2.45, 2.75) is 31.9 Å². The van der Waals surface area contributed by atoms with Gasteiger partial charge in [0.25, 0.3) is 0 Å². The number of hydrogen-bond acceptors (Lipinski definition) is 4. The van der Waals surface area contributed by atoms with Crippen molar-refractivity contribution < 1.29 is 24.5 Å². The van der Waals surface area contributed by atoms with E-state index in [2.05, 4.69) is 0 Å². The highest BCUT2D eigenvalue weighted by atomic mass is 16.5. The second-order valence-corrected chi connectivity index (χ2v) is 5.04. The highest BCUT2D eigenvalue weighted by Crippen LogP contribution is 2.20. The fraction of sp³-hybridized carbons (Fsp3) is 0.467. The van der Waals surface area contributed by atoms with Crippen LogP contribution < -0.4 is 4.74 Å². The maximum absolute atomic E-state index is 12.2. The summed E-state index contributed by atoms with van der Waals surface area (Å²) in [5, 5.41) is 18.6. The van der Waals surface area contributed by atoms with E-state index in [9.17, 15) is 14.7 Å². The Morgan fingerprint density at radius 1 is 1.33 bits per heavy atom. The molecule has 114 valence electrons. The predicted octanol–water partition coefficient (Wildman–Crippen LogP) is 0.674. The first-order valence-corrected chi connectivity index (χ1v) is 6.93. The van der Waals surface area contributed by atoms with Crippen molar-refractivity contribution in [2.75, 3.05) is 13.2 Å². The summed E-state index contributed by atoms with van der Waals surface area (Å²) >= 11 is 0. The molecule has 0 aliphatic carbocycles. The molecule has 6 nitrogen and oxygen atoms in total. The first kappa shape index (κ1) is 15.3. The van der Waals surface area contributed by atoms with Gasteiger partial charge in [0.2, 0.25) is 5.91 Å². The molecule has 21 heavy (non-hydrogen) atoms. The normalized spacial score (nSPS) is 21.3. The lowest BCUT2D eigenvalue weighted by molar-refractivity contribution is -0.148. The summed E-state index contributed by atoms with van der Waals surface area (Å²) in [6.07, 6.45) is -0.567. The van der Waals surface area contributed by atoms with Crippen LogP contribution in [0.1, 0.15) is 18.9 Å². The Morgan fingerprint density at radius 3 is 2.57 bits per heavy atom. The fourth-order valence-electron chi connectivity index (χ4n) is 2.47. The van der Waals surface area contributed by atoms with E-state index < -0.39 is 18.1 Å². The van der Waals surface area contributed by atoms with Gasteiger partial charge in [0, 0.05) is 13.0 Å². The van der Waals surface area contributed by atoms with Crippen LogP contribution in [0, 0.1) is 0 Å². The lowest BCUT2D eigenvalue weighted by Crippen LogP contribution is -2.41. The summed E-state index contributed by atoms with van der Waals surface area (Å²) in [4.78, 5) is 24.6. The largest absolute Gasteiger partial charge is 0.494 e. The summed E-state index contributed by atoms with van der Waals surface area (Å²) in [5.41, 5.74) is 0.786. The Labute approximate surface area is 122 Å². The molecular formula is C15H19NO5. The van der Waals surface area contributed by atoms with E-state index in [0.29, 0.717) is 6.61 Å². The number of aliphatic hydroxyl groups is 1. The van der Waals surface area contributed by atoms with Gasteiger partial charge in [-0.1, -0.05) is 12.1 Å². The minimum absolute atomic E-state index is 0.0762. The number of carbonyl (C=O) groups is 2. The van der Waals surface area contributed by atoms with E-state index in [1.807, 2.05) is 6.92 Å². The van der Waals surface area contributed by atoms with E-state index in [1.165, 1.54) is 4.90 Å². The molecule has 2 N–H and O–H groups in total. The molecule has 1 fully saturated rings. The molecule has 0 saturated carbocycles. The van der Waals surface area contributed by atoms with E-state index in [4.69, 9.17) is 9.84 Å². The number of aliphatic hydroxyl groups excluding tert-OH is 1. The highest BCUT2D eigenvalue weighted by molar-refractivity contribution is 5.85. The number of carboxylic acid groups (broad SMARTS) is 1. The van der Waals surface area contributed by atoms with Crippen LogP contribution in [-0.4, -0.2) is 52.3 Å². The average molecular weight is 293 g/mol. The number of aliphatic carboxylic acids is 1. The smallest absolute Gasteiger partial charge is 0.326 e. The van der Waals surface area contributed by atoms with Gasteiger partial charge in [-0.15, -0.1) is 0 Å². The zero-order chi connectivity index (χ0) is 15.4. The number of amides is 1. The molecule has 1 aromatic carbocycles. The van der Waals surface area contributed by atoms with Crippen molar-refractivity contribution in [1.82, 2.24) is 4.90 Å². The SMILES string of the molecule is CCOc1ccc(CC(=O)N2CC(O)CC2C(=O)O)cc1. The molecule has 1 aromatic rings. The molecule has 0 aromatic heterocycles. The van der Waals surface area contributed by atoms with Crippen LogP contribution in [0.15, 0.2) is 24.3 Å². The first-order valence-electron chi connectivity index (χ1n) is 6.93. The van der Waals surface area contributed by atoms with Crippen LogP contribution in [0.3, 0.4) is 0 Å². The molecule has 0 spiro atoms. The zero-order valence-corrected chi connectivity index (χ0v) is 11.9. The van der Waals surface area contributed by atoms with Gasteiger partial charge < -0.3 is 19.8 Å². The topological polar surface area (TPSA) is 87.1 Å². The van der Waals surface area contributed by atoms with Gasteiger partial charge in [0.05, 0.1) is 19.1 Å². The van der Waals surface area contributed by atoms with E-state index >= 15 is 0 Å².